The van der Waals surface area contributed by atoms with Gasteiger partial charge in [0.1, 0.15) is 0 Å². The molecule has 0 fully saturated rings. The topological polar surface area (TPSA) is 80.3 Å². The van der Waals surface area contributed by atoms with Gasteiger partial charge in [-0.2, -0.15) is 13.2 Å². The number of ketones is 1. The maximum absolute atomic E-state index is 12.5. The van der Waals surface area contributed by atoms with E-state index in [0.717, 1.165) is 24.3 Å². The van der Waals surface area contributed by atoms with Gasteiger partial charge in [-0.1, -0.05) is 12.1 Å². The Morgan fingerprint density at radius 3 is 1.80 bits per heavy atom. The lowest BCUT2D eigenvalue weighted by Gasteiger charge is -2.09. The Morgan fingerprint density at radius 1 is 0.880 bits per heavy atom. The van der Waals surface area contributed by atoms with Crippen LogP contribution in [0.1, 0.15) is 33.2 Å². The van der Waals surface area contributed by atoms with Crippen molar-refractivity contribution in [2.24, 2.45) is 0 Å². The Labute approximate surface area is 141 Å². The summed E-state index contributed by atoms with van der Waals surface area (Å²) in [5.74, 6) is -1.32. The van der Waals surface area contributed by atoms with Crippen LogP contribution in [0.4, 0.5) is 13.2 Å². The second-order valence-corrected chi connectivity index (χ2v) is 6.77. The first kappa shape index (κ1) is 18.7. The van der Waals surface area contributed by atoms with E-state index in [1.54, 1.807) is 4.72 Å². The van der Waals surface area contributed by atoms with Crippen LogP contribution in [0.25, 0.3) is 0 Å². The fraction of sp³-hybridized carbons (Fsp3) is 0.125. The number of carbonyl (C=O) groups excluding carboxylic acids is 2. The van der Waals surface area contributed by atoms with E-state index in [0.29, 0.717) is 17.7 Å². The molecule has 5 nitrogen and oxygen atoms in total. The lowest BCUT2D eigenvalue weighted by molar-refractivity contribution is -0.137. The molecule has 0 saturated heterocycles. The van der Waals surface area contributed by atoms with Crippen molar-refractivity contribution in [3.8, 4) is 0 Å². The highest BCUT2D eigenvalue weighted by Gasteiger charge is 2.30. The van der Waals surface area contributed by atoms with E-state index in [2.05, 4.69) is 0 Å². The minimum Gasteiger partial charge on any atom is -0.295 e. The maximum Gasteiger partial charge on any atom is 0.416 e. The van der Waals surface area contributed by atoms with Crippen molar-refractivity contribution in [3.05, 3.63) is 65.2 Å². The van der Waals surface area contributed by atoms with Crippen LogP contribution >= 0.6 is 0 Å². The van der Waals surface area contributed by atoms with E-state index in [9.17, 15) is 31.2 Å². The fourth-order valence-electron chi connectivity index (χ4n) is 1.92. The van der Waals surface area contributed by atoms with Gasteiger partial charge in [0.05, 0.1) is 10.5 Å². The molecule has 0 atom stereocenters. The second kappa shape index (κ2) is 6.67. The van der Waals surface area contributed by atoms with Crippen LogP contribution in [-0.2, 0) is 16.2 Å². The van der Waals surface area contributed by atoms with E-state index < -0.39 is 27.7 Å². The van der Waals surface area contributed by atoms with Gasteiger partial charge in [0.25, 0.3) is 15.9 Å². The number of benzene rings is 2. The number of carbonyl (C=O) groups is 2. The smallest absolute Gasteiger partial charge is 0.295 e. The van der Waals surface area contributed by atoms with Gasteiger partial charge >= 0.3 is 6.18 Å². The Kier molecular flexibility index (Phi) is 4.98. The van der Waals surface area contributed by atoms with Crippen LogP contribution in [0.2, 0.25) is 0 Å². The highest BCUT2D eigenvalue weighted by atomic mass is 32.2. The highest BCUT2D eigenvalue weighted by Crippen LogP contribution is 2.29. The zero-order chi connectivity index (χ0) is 18.8. The normalized spacial score (nSPS) is 11.8. The van der Waals surface area contributed by atoms with E-state index >= 15 is 0 Å². The third kappa shape index (κ3) is 4.44. The van der Waals surface area contributed by atoms with Gasteiger partial charge in [-0.3, -0.25) is 9.59 Å². The van der Waals surface area contributed by atoms with Crippen LogP contribution in [0.15, 0.2) is 53.4 Å². The summed E-state index contributed by atoms with van der Waals surface area (Å²) >= 11 is 0. The van der Waals surface area contributed by atoms with Crippen LogP contribution in [0.3, 0.4) is 0 Å². The molecule has 0 spiro atoms. The number of Topliss-reactive ketones (excluding diaryl/α,β-unsaturated/α-hetero) is 1. The Hall–Kier alpha value is -2.68. The predicted molar refractivity (Wildman–Crippen MR) is 82.5 cm³/mol. The number of alkyl halides is 3. The van der Waals surface area contributed by atoms with Gasteiger partial charge in [0, 0.05) is 11.1 Å². The summed E-state index contributed by atoms with van der Waals surface area (Å²) in [4.78, 5) is 22.9. The Bertz CT molecular complexity index is 902. The molecule has 0 aromatic heterocycles. The van der Waals surface area contributed by atoms with Gasteiger partial charge < -0.3 is 0 Å². The zero-order valence-electron chi connectivity index (χ0n) is 12.8. The number of hydrogen-bond donors (Lipinski definition) is 1. The molecule has 0 radical (unpaired) electrons. The minimum atomic E-state index is -4.56. The van der Waals surface area contributed by atoms with Crippen LogP contribution in [0, 0.1) is 0 Å². The third-order valence-corrected chi connectivity index (χ3v) is 4.62. The SMILES string of the molecule is CC(=O)c1ccc(S(=O)(=O)NC(=O)c2ccc(C(F)(F)F)cc2)cc1. The van der Waals surface area contributed by atoms with E-state index in [4.69, 9.17) is 0 Å². The number of sulfonamides is 1. The second-order valence-electron chi connectivity index (χ2n) is 5.09. The number of amides is 1. The summed E-state index contributed by atoms with van der Waals surface area (Å²) < 4.78 is 63.5. The van der Waals surface area contributed by atoms with Crippen LogP contribution in [-0.4, -0.2) is 20.1 Å². The molecule has 0 saturated carbocycles. The lowest BCUT2D eigenvalue weighted by atomic mass is 10.1. The van der Waals surface area contributed by atoms with E-state index in [1.807, 2.05) is 0 Å². The summed E-state index contributed by atoms with van der Waals surface area (Å²) in [7, 11) is -4.22. The van der Waals surface area contributed by atoms with Gasteiger partial charge in [-0.05, 0) is 43.3 Å². The molecule has 1 amide bonds. The van der Waals surface area contributed by atoms with Crippen molar-refractivity contribution in [1.82, 2.24) is 4.72 Å². The first-order chi connectivity index (χ1) is 11.5. The van der Waals surface area contributed by atoms with Gasteiger partial charge in [0.2, 0.25) is 0 Å². The average molecular weight is 371 g/mol. The van der Waals surface area contributed by atoms with Crippen molar-refractivity contribution < 1.29 is 31.2 Å². The van der Waals surface area contributed by atoms with Gasteiger partial charge in [-0.25, -0.2) is 13.1 Å². The molecule has 2 rings (SSSR count). The first-order valence-electron chi connectivity index (χ1n) is 6.86. The number of hydrogen-bond acceptors (Lipinski definition) is 4. The van der Waals surface area contributed by atoms with E-state index in [-0.39, 0.29) is 16.2 Å². The summed E-state index contributed by atoms with van der Waals surface area (Å²) in [6, 6.07) is 8.02. The zero-order valence-corrected chi connectivity index (χ0v) is 13.6. The van der Waals surface area contributed by atoms with Crippen molar-refractivity contribution in [1.29, 1.82) is 0 Å². The van der Waals surface area contributed by atoms with Gasteiger partial charge in [-0.15, -0.1) is 0 Å². The molecule has 0 bridgehead atoms. The molecular formula is C16H12F3NO4S. The molecule has 0 aliphatic carbocycles. The molecule has 132 valence electrons. The van der Waals surface area contributed by atoms with Crippen molar-refractivity contribution in [3.63, 3.8) is 0 Å². The quantitative estimate of drug-likeness (QED) is 0.838. The summed E-state index contributed by atoms with van der Waals surface area (Å²) in [5, 5.41) is 0. The van der Waals surface area contributed by atoms with Gasteiger partial charge in [0.15, 0.2) is 5.78 Å². The monoisotopic (exact) mass is 371 g/mol. The fourth-order valence-corrected chi connectivity index (χ4v) is 2.89. The Balaban J connectivity index is 2.19. The van der Waals surface area contributed by atoms with E-state index in [1.165, 1.54) is 19.1 Å². The van der Waals surface area contributed by atoms with Crippen LogP contribution < -0.4 is 4.72 Å². The van der Waals surface area contributed by atoms with Crippen molar-refractivity contribution in [2.45, 2.75) is 18.0 Å². The minimum absolute atomic E-state index is 0.239. The third-order valence-electron chi connectivity index (χ3n) is 3.27. The van der Waals surface area contributed by atoms with Crippen LogP contribution in [0.5, 0.6) is 0 Å². The number of rotatable bonds is 4. The molecule has 0 heterocycles. The molecular weight excluding hydrogens is 359 g/mol. The summed E-state index contributed by atoms with van der Waals surface area (Å²) in [6.45, 7) is 1.32. The molecule has 1 N–H and O–H groups in total. The average Bonchev–Trinajstić information content (AvgIpc) is 2.54. The highest BCUT2D eigenvalue weighted by molar-refractivity contribution is 7.90. The maximum atomic E-state index is 12.5. The summed E-state index contributed by atoms with van der Waals surface area (Å²) in [6.07, 6.45) is -4.56. The van der Waals surface area contributed by atoms with Crippen molar-refractivity contribution >= 4 is 21.7 Å². The Morgan fingerprint density at radius 2 is 1.36 bits per heavy atom. The van der Waals surface area contributed by atoms with Crippen molar-refractivity contribution in [2.75, 3.05) is 0 Å². The molecule has 2 aromatic rings. The standard InChI is InChI=1S/C16H12F3NO4S/c1-10(21)11-4-8-14(9-5-11)25(23,24)20-15(22)12-2-6-13(7-3-12)16(17,18)19/h2-9H,1H3,(H,20,22). The molecule has 0 aliphatic heterocycles. The molecule has 2 aromatic carbocycles. The lowest BCUT2D eigenvalue weighted by Crippen LogP contribution is -2.30. The number of nitrogens with one attached hydrogen (secondary N) is 1. The molecule has 0 aliphatic rings. The predicted octanol–water partition coefficient (Wildman–Crippen LogP) is 3.03. The number of halogens is 3. The molecule has 9 heteroatoms. The molecule has 0 unspecified atom stereocenters. The molecule has 25 heavy (non-hydrogen) atoms. The first-order valence-corrected chi connectivity index (χ1v) is 8.34. The largest absolute Gasteiger partial charge is 0.416 e. The summed E-state index contributed by atoms with van der Waals surface area (Å²) in [5.41, 5.74) is -0.892.